The Morgan fingerprint density at radius 1 is 1.18 bits per heavy atom. The number of ketones is 3. The van der Waals surface area contributed by atoms with Crippen molar-refractivity contribution >= 4 is 17.3 Å². The van der Waals surface area contributed by atoms with Gasteiger partial charge in [-0.1, -0.05) is 0 Å². The highest BCUT2D eigenvalue weighted by Gasteiger charge is 2.14. The molecule has 0 fully saturated rings. The van der Waals surface area contributed by atoms with Gasteiger partial charge in [0.1, 0.15) is 5.78 Å². The van der Waals surface area contributed by atoms with Crippen LogP contribution in [0, 0.1) is 0 Å². The number of rotatable bonds is 5. The Morgan fingerprint density at radius 3 is 2.09 bits per heavy atom. The Balaban J connectivity index is 3.83. The molecule has 0 N–H and O–H groups in total. The molecule has 3 nitrogen and oxygen atoms in total. The minimum absolute atomic E-state index is 0.373. The van der Waals surface area contributed by atoms with E-state index >= 15 is 0 Å². The standard InChI is InChI=1S/C7H9FO3/c1-5(9)4-7(11)6(10)2-3-8/h2-4H2,1H3. The van der Waals surface area contributed by atoms with Gasteiger partial charge in [0.15, 0.2) is 0 Å². The van der Waals surface area contributed by atoms with Crippen molar-refractivity contribution in [2.24, 2.45) is 0 Å². The average molecular weight is 160 g/mol. The molecule has 0 heterocycles. The Morgan fingerprint density at radius 2 is 1.73 bits per heavy atom. The van der Waals surface area contributed by atoms with E-state index in [0.717, 1.165) is 0 Å². The van der Waals surface area contributed by atoms with Gasteiger partial charge in [0, 0.05) is 6.42 Å². The van der Waals surface area contributed by atoms with Gasteiger partial charge in [-0.2, -0.15) is 0 Å². The number of alkyl halides is 1. The lowest BCUT2D eigenvalue weighted by Crippen LogP contribution is -2.16. The van der Waals surface area contributed by atoms with E-state index in [4.69, 9.17) is 0 Å². The molecular formula is C7H9FO3. The van der Waals surface area contributed by atoms with Gasteiger partial charge >= 0.3 is 0 Å². The third-order valence-corrected chi connectivity index (χ3v) is 1.04. The SMILES string of the molecule is CC(=O)CC(=O)C(=O)CCF. The monoisotopic (exact) mass is 160 g/mol. The van der Waals surface area contributed by atoms with E-state index in [1.54, 1.807) is 0 Å². The molecule has 0 unspecified atom stereocenters. The van der Waals surface area contributed by atoms with Gasteiger partial charge in [0.05, 0.1) is 13.1 Å². The summed E-state index contributed by atoms with van der Waals surface area (Å²) in [6.07, 6.45) is -0.815. The van der Waals surface area contributed by atoms with Gasteiger partial charge in [-0.3, -0.25) is 18.8 Å². The van der Waals surface area contributed by atoms with Crippen LogP contribution < -0.4 is 0 Å². The Kier molecular flexibility index (Phi) is 4.26. The molecule has 0 aromatic heterocycles. The molecule has 0 aliphatic heterocycles. The second-order valence-electron chi connectivity index (χ2n) is 2.16. The third-order valence-electron chi connectivity index (χ3n) is 1.04. The summed E-state index contributed by atoms with van der Waals surface area (Å²) in [7, 11) is 0. The normalized spacial score (nSPS) is 9.27. The predicted molar refractivity (Wildman–Crippen MR) is 35.9 cm³/mol. The third kappa shape index (κ3) is 4.36. The van der Waals surface area contributed by atoms with Crippen LogP contribution in [0.1, 0.15) is 19.8 Å². The zero-order valence-electron chi connectivity index (χ0n) is 6.22. The van der Waals surface area contributed by atoms with Crippen molar-refractivity contribution in [2.45, 2.75) is 19.8 Å². The first-order chi connectivity index (χ1) is 5.07. The minimum atomic E-state index is -0.845. The lowest BCUT2D eigenvalue weighted by molar-refractivity contribution is -0.138. The van der Waals surface area contributed by atoms with Crippen LogP contribution in [-0.2, 0) is 14.4 Å². The van der Waals surface area contributed by atoms with Crippen LogP contribution in [-0.4, -0.2) is 24.0 Å². The molecule has 0 radical (unpaired) electrons. The number of halogens is 1. The highest BCUT2D eigenvalue weighted by molar-refractivity contribution is 6.40. The summed E-state index contributed by atoms with van der Waals surface area (Å²) in [6.45, 7) is 0.364. The summed E-state index contributed by atoms with van der Waals surface area (Å²) < 4.78 is 11.5. The molecule has 4 heteroatoms. The first-order valence-electron chi connectivity index (χ1n) is 3.19. The summed E-state index contributed by atoms with van der Waals surface area (Å²) in [5, 5.41) is 0. The van der Waals surface area contributed by atoms with E-state index in [0.29, 0.717) is 0 Å². The molecule has 0 atom stereocenters. The highest BCUT2D eigenvalue weighted by atomic mass is 19.1. The van der Waals surface area contributed by atoms with Crippen LogP contribution in [0.4, 0.5) is 4.39 Å². The second-order valence-corrected chi connectivity index (χ2v) is 2.16. The zero-order valence-corrected chi connectivity index (χ0v) is 6.22. The molecule has 0 amide bonds. The highest BCUT2D eigenvalue weighted by Crippen LogP contribution is 1.92. The molecule has 0 rings (SSSR count). The van der Waals surface area contributed by atoms with Crippen LogP contribution in [0.3, 0.4) is 0 Å². The number of hydrogen-bond acceptors (Lipinski definition) is 3. The summed E-state index contributed by atoms with van der Waals surface area (Å²) in [6, 6.07) is 0. The molecule has 0 bridgehead atoms. The molecular weight excluding hydrogens is 151 g/mol. The predicted octanol–water partition coefficient (Wildman–Crippen LogP) is 0.463. The van der Waals surface area contributed by atoms with Crippen molar-refractivity contribution in [3.8, 4) is 0 Å². The van der Waals surface area contributed by atoms with Crippen LogP contribution in [0.15, 0.2) is 0 Å². The molecule has 0 spiro atoms. The lowest BCUT2D eigenvalue weighted by atomic mass is 10.1. The average Bonchev–Trinajstić information content (AvgIpc) is 1.86. The van der Waals surface area contributed by atoms with Crippen LogP contribution >= 0.6 is 0 Å². The summed E-state index contributed by atoms with van der Waals surface area (Å²) in [4.78, 5) is 31.4. The topological polar surface area (TPSA) is 51.2 Å². The van der Waals surface area contributed by atoms with E-state index in [1.165, 1.54) is 6.92 Å². The molecule has 0 aromatic carbocycles. The number of Topliss-reactive ketones (excluding diaryl/α,β-unsaturated/α-hetero) is 3. The summed E-state index contributed by atoms with van der Waals surface area (Å²) in [5.41, 5.74) is 0. The molecule has 0 saturated carbocycles. The number of hydrogen-bond donors (Lipinski definition) is 0. The largest absolute Gasteiger partial charge is 0.300 e. The fraction of sp³-hybridized carbons (Fsp3) is 0.571. The van der Waals surface area contributed by atoms with Crippen molar-refractivity contribution in [3.05, 3.63) is 0 Å². The molecule has 0 aliphatic carbocycles. The van der Waals surface area contributed by atoms with Crippen molar-refractivity contribution < 1.29 is 18.8 Å². The van der Waals surface area contributed by atoms with Crippen molar-refractivity contribution in [1.82, 2.24) is 0 Å². The Bertz CT molecular complexity index is 186. The zero-order chi connectivity index (χ0) is 8.85. The summed E-state index contributed by atoms with van der Waals surface area (Å²) in [5.74, 6) is -1.97. The van der Waals surface area contributed by atoms with E-state index in [2.05, 4.69) is 0 Å². The van der Waals surface area contributed by atoms with Crippen molar-refractivity contribution in [1.29, 1.82) is 0 Å². The first kappa shape index (κ1) is 9.94. The van der Waals surface area contributed by atoms with Gasteiger partial charge in [-0.15, -0.1) is 0 Å². The van der Waals surface area contributed by atoms with Gasteiger partial charge in [0.2, 0.25) is 11.6 Å². The maximum atomic E-state index is 11.5. The Labute approximate surface area is 63.6 Å². The maximum Gasteiger partial charge on any atom is 0.205 e. The smallest absolute Gasteiger partial charge is 0.205 e. The van der Waals surface area contributed by atoms with Crippen LogP contribution in [0.25, 0.3) is 0 Å². The minimum Gasteiger partial charge on any atom is -0.300 e. The van der Waals surface area contributed by atoms with Crippen molar-refractivity contribution in [2.75, 3.05) is 6.67 Å². The fourth-order valence-corrected chi connectivity index (χ4v) is 0.550. The second kappa shape index (κ2) is 4.71. The Hall–Kier alpha value is -1.06. The van der Waals surface area contributed by atoms with Crippen LogP contribution in [0.2, 0.25) is 0 Å². The number of carbonyl (C=O) groups excluding carboxylic acids is 3. The van der Waals surface area contributed by atoms with E-state index in [1.807, 2.05) is 0 Å². The summed E-state index contributed by atoms with van der Waals surface area (Å²) >= 11 is 0. The quantitative estimate of drug-likeness (QED) is 0.433. The molecule has 0 aromatic rings. The van der Waals surface area contributed by atoms with Gasteiger partial charge < -0.3 is 0 Å². The number of carbonyl (C=O) groups is 3. The van der Waals surface area contributed by atoms with Gasteiger partial charge in [0.25, 0.3) is 0 Å². The molecule has 62 valence electrons. The molecule has 11 heavy (non-hydrogen) atoms. The van der Waals surface area contributed by atoms with Gasteiger partial charge in [-0.25, -0.2) is 0 Å². The van der Waals surface area contributed by atoms with Crippen molar-refractivity contribution in [3.63, 3.8) is 0 Å². The fourth-order valence-electron chi connectivity index (χ4n) is 0.550. The van der Waals surface area contributed by atoms with E-state index < -0.39 is 31.1 Å². The van der Waals surface area contributed by atoms with E-state index in [9.17, 15) is 18.8 Å². The van der Waals surface area contributed by atoms with Crippen LogP contribution in [0.5, 0.6) is 0 Å². The maximum absolute atomic E-state index is 11.5. The first-order valence-corrected chi connectivity index (χ1v) is 3.19. The van der Waals surface area contributed by atoms with Gasteiger partial charge in [-0.05, 0) is 6.92 Å². The lowest BCUT2D eigenvalue weighted by Gasteiger charge is -1.92. The molecule has 0 saturated heterocycles. The van der Waals surface area contributed by atoms with E-state index in [-0.39, 0.29) is 5.78 Å². The molecule has 0 aliphatic rings.